The van der Waals surface area contributed by atoms with Crippen LogP contribution < -0.4 is 5.32 Å². The molecule has 0 saturated carbocycles. The van der Waals surface area contributed by atoms with Crippen molar-refractivity contribution < 1.29 is 4.42 Å². The molecular formula is C12H16N4O. The smallest absolute Gasteiger partial charge is 0.249 e. The van der Waals surface area contributed by atoms with E-state index >= 15 is 0 Å². The molecule has 0 radical (unpaired) electrons. The molecule has 0 spiro atoms. The second-order valence-electron chi connectivity index (χ2n) is 3.87. The molecule has 0 aromatic carbocycles. The van der Waals surface area contributed by atoms with Gasteiger partial charge in [-0.15, -0.1) is 10.2 Å². The van der Waals surface area contributed by atoms with Gasteiger partial charge in [0.1, 0.15) is 0 Å². The molecule has 0 aliphatic heterocycles. The maximum Gasteiger partial charge on any atom is 0.249 e. The molecule has 0 bridgehead atoms. The van der Waals surface area contributed by atoms with Crippen molar-refractivity contribution >= 4 is 0 Å². The minimum Gasteiger partial charge on any atom is -0.419 e. The fraction of sp³-hybridized carbons (Fsp3) is 0.417. The van der Waals surface area contributed by atoms with Gasteiger partial charge < -0.3 is 9.73 Å². The van der Waals surface area contributed by atoms with Crippen molar-refractivity contribution in [2.45, 2.75) is 27.3 Å². The number of aromatic nitrogens is 3. The third kappa shape index (κ3) is 2.68. The van der Waals surface area contributed by atoms with Crippen molar-refractivity contribution in [3.63, 3.8) is 0 Å². The standard InChI is InChI=1S/C12H16N4O/c1-4-13-7-11-15-16-12(17-11)10-6-5-8(2)14-9(10)3/h5-6,13H,4,7H2,1-3H3. The summed E-state index contributed by atoms with van der Waals surface area (Å²) in [5.74, 6) is 1.13. The van der Waals surface area contributed by atoms with E-state index in [9.17, 15) is 0 Å². The minimum absolute atomic E-state index is 0.530. The summed E-state index contributed by atoms with van der Waals surface area (Å²) in [6, 6.07) is 3.90. The molecule has 2 heterocycles. The maximum absolute atomic E-state index is 5.57. The quantitative estimate of drug-likeness (QED) is 0.871. The highest BCUT2D eigenvalue weighted by atomic mass is 16.4. The van der Waals surface area contributed by atoms with Crippen LogP contribution in [-0.2, 0) is 6.54 Å². The van der Waals surface area contributed by atoms with Crippen molar-refractivity contribution in [2.24, 2.45) is 0 Å². The Bertz CT molecular complexity index is 507. The van der Waals surface area contributed by atoms with Gasteiger partial charge in [0.05, 0.1) is 17.8 Å². The van der Waals surface area contributed by atoms with Crippen molar-refractivity contribution in [2.75, 3.05) is 6.54 Å². The summed E-state index contributed by atoms with van der Waals surface area (Å²) >= 11 is 0. The number of rotatable bonds is 4. The summed E-state index contributed by atoms with van der Waals surface area (Å²) in [6.45, 7) is 7.41. The zero-order chi connectivity index (χ0) is 12.3. The van der Waals surface area contributed by atoms with E-state index in [4.69, 9.17) is 4.42 Å². The summed E-state index contributed by atoms with van der Waals surface area (Å²) in [6.07, 6.45) is 0. The molecule has 90 valence electrons. The van der Waals surface area contributed by atoms with Crippen LogP contribution in [0.3, 0.4) is 0 Å². The number of aryl methyl sites for hydroxylation is 2. The first-order chi connectivity index (χ1) is 8.20. The summed E-state index contributed by atoms with van der Waals surface area (Å²) in [5, 5.41) is 11.2. The first-order valence-corrected chi connectivity index (χ1v) is 5.68. The average molecular weight is 232 g/mol. The summed E-state index contributed by atoms with van der Waals surface area (Å²) in [7, 11) is 0. The van der Waals surface area contributed by atoms with Gasteiger partial charge in [0.25, 0.3) is 0 Å². The second-order valence-corrected chi connectivity index (χ2v) is 3.87. The fourth-order valence-electron chi connectivity index (χ4n) is 1.58. The lowest BCUT2D eigenvalue weighted by atomic mass is 10.2. The van der Waals surface area contributed by atoms with Crippen molar-refractivity contribution in [3.05, 3.63) is 29.4 Å². The van der Waals surface area contributed by atoms with E-state index in [0.717, 1.165) is 23.5 Å². The Balaban J connectivity index is 2.24. The molecule has 0 aliphatic carbocycles. The van der Waals surface area contributed by atoms with E-state index in [-0.39, 0.29) is 0 Å². The number of pyridine rings is 1. The fourth-order valence-corrected chi connectivity index (χ4v) is 1.58. The van der Waals surface area contributed by atoms with E-state index in [2.05, 4.69) is 20.5 Å². The van der Waals surface area contributed by atoms with Crippen molar-refractivity contribution in [3.8, 4) is 11.5 Å². The van der Waals surface area contributed by atoms with Gasteiger partial charge in [-0.05, 0) is 32.5 Å². The van der Waals surface area contributed by atoms with Gasteiger partial charge in [-0.2, -0.15) is 0 Å². The van der Waals surface area contributed by atoms with Gasteiger partial charge in [0.2, 0.25) is 11.8 Å². The van der Waals surface area contributed by atoms with Crippen LogP contribution in [0, 0.1) is 13.8 Å². The SMILES string of the molecule is CCNCc1nnc(-c2ccc(C)nc2C)o1. The van der Waals surface area contributed by atoms with Gasteiger partial charge in [-0.25, -0.2) is 0 Å². The van der Waals surface area contributed by atoms with Crippen LogP contribution in [0.25, 0.3) is 11.5 Å². The van der Waals surface area contributed by atoms with E-state index in [1.807, 2.05) is 32.9 Å². The highest BCUT2D eigenvalue weighted by Gasteiger charge is 2.11. The van der Waals surface area contributed by atoms with E-state index in [1.54, 1.807) is 0 Å². The Hall–Kier alpha value is -1.75. The molecule has 0 aliphatic rings. The Morgan fingerprint density at radius 2 is 2.06 bits per heavy atom. The molecule has 0 atom stereocenters. The van der Waals surface area contributed by atoms with E-state index in [1.165, 1.54) is 0 Å². The van der Waals surface area contributed by atoms with Crippen molar-refractivity contribution in [1.29, 1.82) is 0 Å². The molecule has 0 unspecified atom stereocenters. The van der Waals surface area contributed by atoms with Crippen LogP contribution in [0.15, 0.2) is 16.5 Å². The number of hydrogen-bond acceptors (Lipinski definition) is 5. The molecule has 1 N–H and O–H groups in total. The van der Waals surface area contributed by atoms with Gasteiger partial charge in [0.15, 0.2) is 0 Å². The Morgan fingerprint density at radius 3 is 2.76 bits per heavy atom. The predicted molar refractivity (Wildman–Crippen MR) is 64.4 cm³/mol. The van der Waals surface area contributed by atoms with E-state index in [0.29, 0.717) is 18.3 Å². The van der Waals surface area contributed by atoms with Crippen LogP contribution in [0.1, 0.15) is 24.2 Å². The zero-order valence-corrected chi connectivity index (χ0v) is 10.3. The second kappa shape index (κ2) is 5.05. The van der Waals surface area contributed by atoms with Gasteiger partial charge in [-0.3, -0.25) is 4.98 Å². The van der Waals surface area contributed by atoms with E-state index < -0.39 is 0 Å². The van der Waals surface area contributed by atoms with Crippen LogP contribution >= 0.6 is 0 Å². The predicted octanol–water partition coefficient (Wildman–Crippen LogP) is 1.86. The van der Waals surface area contributed by atoms with Crippen LogP contribution in [0.4, 0.5) is 0 Å². The normalized spacial score (nSPS) is 10.8. The highest BCUT2D eigenvalue weighted by Crippen LogP contribution is 2.20. The van der Waals surface area contributed by atoms with Gasteiger partial charge in [-0.1, -0.05) is 6.92 Å². The number of hydrogen-bond donors (Lipinski definition) is 1. The first-order valence-electron chi connectivity index (χ1n) is 5.68. The Labute approximate surface area is 100 Å². The van der Waals surface area contributed by atoms with Crippen LogP contribution in [0.5, 0.6) is 0 Å². The molecule has 0 saturated heterocycles. The lowest BCUT2D eigenvalue weighted by Gasteiger charge is -2.00. The van der Waals surface area contributed by atoms with Gasteiger partial charge >= 0.3 is 0 Å². The maximum atomic E-state index is 5.57. The Kier molecular flexibility index (Phi) is 3.49. The molecule has 0 amide bonds. The number of nitrogens with one attached hydrogen (secondary N) is 1. The Morgan fingerprint density at radius 1 is 1.24 bits per heavy atom. The van der Waals surface area contributed by atoms with Crippen molar-refractivity contribution in [1.82, 2.24) is 20.5 Å². The minimum atomic E-state index is 0.530. The molecule has 17 heavy (non-hydrogen) atoms. The topological polar surface area (TPSA) is 63.8 Å². The zero-order valence-electron chi connectivity index (χ0n) is 10.3. The first kappa shape index (κ1) is 11.7. The lowest BCUT2D eigenvalue weighted by molar-refractivity contribution is 0.481. The molecule has 5 nitrogen and oxygen atoms in total. The lowest BCUT2D eigenvalue weighted by Crippen LogP contribution is -2.11. The average Bonchev–Trinajstić information content (AvgIpc) is 2.75. The summed E-state index contributed by atoms with van der Waals surface area (Å²) in [5.41, 5.74) is 2.79. The summed E-state index contributed by atoms with van der Waals surface area (Å²) in [4.78, 5) is 4.38. The monoisotopic (exact) mass is 232 g/mol. The molecule has 0 fully saturated rings. The molecular weight excluding hydrogens is 216 g/mol. The molecule has 2 aromatic rings. The largest absolute Gasteiger partial charge is 0.419 e. The molecule has 2 aromatic heterocycles. The molecule has 2 rings (SSSR count). The van der Waals surface area contributed by atoms with Gasteiger partial charge in [0, 0.05) is 5.69 Å². The number of nitrogens with zero attached hydrogens (tertiary/aromatic N) is 3. The highest BCUT2D eigenvalue weighted by molar-refractivity contribution is 5.55. The van der Waals surface area contributed by atoms with Crippen LogP contribution in [0.2, 0.25) is 0 Å². The summed E-state index contributed by atoms with van der Waals surface area (Å²) < 4.78 is 5.57. The van der Waals surface area contributed by atoms with Crippen LogP contribution in [-0.4, -0.2) is 21.7 Å². The third-order valence-corrected chi connectivity index (χ3v) is 2.45. The third-order valence-electron chi connectivity index (χ3n) is 2.45. The molecule has 5 heteroatoms.